The molecule has 140 valence electrons. The predicted octanol–water partition coefficient (Wildman–Crippen LogP) is 2.28. The van der Waals surface area contributed by atoms with Gasteiger partial charge in [0.15, 0.2) is 6.04 Å². The molecular formula is C20H26N2O4. The maximum absolute atomic E-state index is 12.5. The van der Waals surface area contributed by atoms with Gasteiger partial charge in [0, 0.05) is 13.0 Å². The third-order valence-electron chi connectivity index (χ3n) is 5.53. The van der Waals surface area contributed by atoms with Crippen LogP contribution in [0, 0.1) is 5.92 Å². The molecule has 0 spiro atoms. The van der Waals surface area contributed by atoms with Gasteiger partial charge in [-0.25, -0.2) is 4.79 Å². The van der Waals surface area contributed by atoms with Gasteiger partial charge in [0.05, 0.1) is 6.54 Å². The van der Waals surface area contributed by atoms with Gasteiger partial charge in [-0.05, 0) is 29.9 Å². The van der Waals surface area contributed by atoms with Crippen molar-refractivity contribution in [3.63, 3.8) is 0 Å². The molecular weight excluding hydrogens is 332 g/mol. The summed E-state index contributed by atoms with van der Waals surface area (Å²) in [6, 6.07) is 6.33. The Balaban J connectivity index is 1.55. The third-order valence-corrected chi connectivity index (χ3v) is 5.53. The second kappa shape index (κ2) is 8.34. The number of carbonyl (C=O) groups excluding carboxylic acids is 2. The Labute approximate surface area is 153 Å². The Hall–Kier alpha value is -2.37. The first-order valence-corrected chi connectivity index (χ1v) is 9.43. The summed E-state index contributed by atoms with van der Waals surface area (Å²) in [6.07, 6.45) is 6.81. The summed E-state index contributed by atoms with van der Waals surface area (Å²) < 4.78 is 0. The first kappa shape index (κ1) is 18.4. The Kier molecular flexibility index (Phi) is 5.91. The topological polar surface area (TPSA) is 86.7 Å². The third kappa shape index (κ3) is 4.23. The highest BCUT2D eigenvalue weighted by molar-refractivity contribution is 5.89. The number of carboxylic acids is 1. The number of nitrogens with zero attached hydrogens (tertiary/aromatic N) is 1. The summed E-state index contributed by atoms with van der Waals surface area (Å²) in [7, 11) is 0. The van der Waals surface area contributed by atoms with Crippen LogP contribution in [0.1, 0.15) is 55.7 Å². The van der Waals surface area contributed by atoms with Gasteiger partial charge in [0.25, 0.3) is 0 Å². The van der Waals surface area contributed by atoms with Crippen LogP contribution in [0.2, 0.25) is 0 Å². The number of hydrogen-bond acceptors (Lipinski definition) is 3. The standard InChI is InChI=1S/C20H26N2O4/c23-17(10-9-14-5-1-2-6-14)21-13-18(24)22-12-11-15-7-3-4-8-16(15)19(22)20(25)26/h3-4,7-8,14,19H,1-2,5-6,9-13H2,(H,21,23)(H,25,26). The van der Waals surface area contributed by atoms with E-state index in [9.17, 15) is 19.5 Å². The summed E-state index contributed by atoms with van der Waals surface area (Å²) in [5.41, 5.74) is 1.62. The molecule has 2 amide bonds. The molecule has 0 radical (unpaired) electrons. The highest BCUT2D eigenvalue weighted by atomic mass is 16.4. The van der Waals surface area contributed by atoms with Gasteiger partial charge in [-0.1, -0.05) is 49.9 Å². The van der Waals surface area contributed by atoms with Gasteiger partial charge in [-0.3, -0.25) is 9.59 Å². The molecule has 6 heteroatoms. The van der Waals surface area contributed by atoms with E-state index in [-0.39, 0.29) is 18.4 Å². The van der Waals surface area contributed by atoms with Gasteiger partial charge >= 0.3 is 5.97 Å². The van der Waals surface area contributed by atoms with E-state index in [1.165, 1.54) is 30.6 Å². The fourth-order valence-corrected chi connectivity index (χ4v) is 4.10. The Morgan fingerprint density at radius 3 is 2.62 bits per heavy atom. The molecule has 1 unspecified atom stereocenters. The molecule has 2 aliphatic rings. The fraction of sp³-hybridized carbons (Fsp3) is 0.550. The molecule has 1 heterocycles. The lowest BCUT2D eigenvalue weighted by molar-refractivity contribution is -0.151. The molecule has 1 fully saturated rings. The van der Waals surface area contributed by atoms with E-state index in [0.29, 0.717) is 30.9 Å². The van der Waals surface area contributed by atoms with Crippen LogP contribution in [0.3, 0.4) is 0 Å². The van der Waals surface area contributed by atoms with Crippen molar-refractivity contribution in [2.24, 2.45) is 5.92 Å². The largest absolute Gasteiger partial charge is 0.479 e. The number of carboxylic acid groups (broad SMARTS) is 1. The molecule has 1 aromatic rings. The molecule has 2 N–H and O–H groups in total. The zero-order valence-electron chi connectivity index (χ0n) is 14.9. The SMILES string of the molecule is O=C(CCC1CCCC1)NCC(=O)N1CCc2ccccc2C1C(=O)O. The van der Waals surface area contributed by atoms with Crippen LogP contribution in [0.15, 0.2) is 24.3 Å². The van der Waals surface area contributed by atoms with Crippen LogP contribution < -0.4 is 5.32 Å². The fourth-order valence-electron chi connectivity index (χ4n) is 4.10. The van der Waals surface area contributed by atoms with Crippen molar-refractivity contribution < 1.29 is 19.5 Å². The summed E-state index contributed by atoms with van der Waals surface area (Å²) in [5.74, 6) is -0.889. The Morgan fingerprint density at radius 1 is 1.15 bits per heavy atom. The number of nitrogens with one attached hydrogen (secondary N) is 1. The predicted molar refractivity (Wildman–Crippen MR) is 96.4 cm³/mol. The van der Waals surface area contributed by atoms with E-state index in [4.69, 9.17) is 0 Å². The smallest absolute Gasteiger partial charge is 0.331 e. The van der Waals surface area contributed by atoms with Gasteiger partial charge < -0.3 is 15.3 Å². The summed E-state index contributed by atoms with van der Waals surface area (Å²) >= 11 is 0. The van der Waals surface area contributed by atoms with Crippen molar-refractivity contribution in [2.75, 3.05) is 13.1 Å². The quantitative estimate of drug-likeness (QED) is 0.817. The van der Waals surface area contributed by atoms with Crippen molar-refractivity contribution in [1.82, 2.24) is 10.2 Å². The number of benzene rings is 1. The van der Waals surface area contributed by atoms with Crippen LogP contribution in [-0.4, -0.2) is 40.9 Å². The van der Waals surface area contributed by atoms with Crippen molar-refractivity contribution >= 4 is 17.8 Å². The first-order valence-electron chi connectivity index (χ1n) is 9.43. The minimum atomic E-state index is -1.04. The average Bonchev–Trinajstić information content (AvgIpc) is 3.16. The Bertz CT molecular complexity index is 682. The van der Waals surface area contributed by atoms with E-state index < -0.39 is 12.0 Å². The zero-order chi connectivity index (χ0) is 18.5. The van der Waals surface area contributed by atoms with Gasteiger partial charge in [-0.2, -0.15) is 0 Å². The minimum absolute atomic E-state index is 0.130. The van der Waals surface area contributed by atoms with E-state index in [1.54, 1.807) is 12.1 Å². The van der Waals surface area contributed by atoms with Gasteiger partial charge in [-0.15, -0.1) is 0 Å². The normalized spacial score (nSPS) is 19.8. The maximum Gasteiger partial charge on any atom is 0.331 e. The monoisotopic (exact) mass is 358 g/mol. The second-order valence-electron chi connectivity index (χ2n) is 7.24. The van der Waals surface area contributed by atoms with Crippen LogP contribution in [0.4, 0.5) is 0 Å². The number of fused-ring (bicyclic) bond motifs is 1. The summed E-state index contributed by atoms with van der Waals surface area (Å²) in [4.78, 5) is 37.6. The van der Waals surface area contributed by atoms with Crippen molar-refractivity contribution in [3.8, 4) is 0 Å². The molecule has 0 aromatic heterocycles. The van der Waals surface area contributed by atoms with Crippen molar-refractivity contribution in [1.29, 1.82) is 0 Å². The van der Waals surface area contributed by atoms with Crippen molar-refractivity contribution in [2.45, 2.75) is 51.0 Å². The Morgan fingerprint density at radius 2 is 1.88 bits per heavy atom. The lowest BCUT2D eigenvalue weighted by atomic mass is 9.92. The second-order valence-corrected chi connectivity index (χ2v) is 7.24. The zero-order valence-corrected chi connectivity index (χ0v) is 14.9. The number of aliphatic carboxylic acids is 1. The minimum Gasteiger partial charge on any atom is -0.479 e. The summed E-state index contributed by atoms with van der Waals surface area (Å²) in [5, 5.41) is 12.3. The van der Waals surface area contributed by atoms with E-state index >= 15 is 0 Å². The lowest BCUT2D eigenvalue weighted by Crippen LogP contribution is -2.47. The van der Waals surface area contributed by atoms with E-state index in [1.807, 2.05) is 12.1 Å². The number of hydrogen-bond donors (Lipinski definition) is 2. The van der Waals surface area contributed by atoms with E-state index in [2.05, 4.69) is 5.32 Å². The van der Waals surface area contributed by atoms with Crippen LogP contribution >= 0.6 is 0 Å². The molecule has 26 heavy (non-hydrogen) atoms. The highest BCUT2D eigenvalue weighted by Gasteiger charge is 2.35. The molecule has 1 saturated carbocycles. The highest BCUT2D eigenvalue weighted by Crippen LogP contribution is 2.30. The summed E-state index contributed by atoms with van der Waals surface area (Å²) in [6.45, 7) is 0.209. The number of amides is 2. The molecule has 6 nitrogen and oxygen atoms in total. The molecule has 3 rings (SSSR count). The lowest BCUT2D eigenvalue weighted by Gasteiger charge is -2.34. The van der Waals surface area contributed by atoms with Gasteiger partial charge in [0.1, 0.15) is 0 Å². The van der Waals surface area contributed by atoms with Gasteiger partial charge in [0.2, 0.25) is 11.8 Å². The average molecular weight is 358 g/mol. The maximum atomic E-state index is 12.5. The molecule has 1 aliphatic carbocycles. The van der Waals surface area contributed by atoms with Crippen LogP contribution in [0.5, 0.6) is 0 Å². The molecule has 0 saturated heterocycles. The number of carbonyl (C=O) groups is 3. The van der Waals surface area contributed by atoms with Crippen LogP contribution in [0.25, 0.3) is 0 Å². The van der Waals surface area contributed by atoms with E-state index in [0.717, 1.165) is 12.0 Å². The van der Waals surface area contributed by atoms with Crippen molar-refractivity contribution in [3.05, 3.63) is 35.4 Å². The number of rotatable bonds is 6. The molecule has 0 bridgehead atoms. The van der Waals surface area contributed by atoms with Crippen LogP contribution in [-0.2, 0) is 20.8 Å². The first-order chi connectivity index (χ1) is 12.6. The molecule has 1 atom stereocenters. The molecule has 1 aromatic carbocycles. The molecule has 1 aliphatic heterocycles.